The van der Waals surface area contributed by atoms with E-state index in [4.69, 9.17) is 0 Å². The average molecular weight is 346 g/mol. The number of rotatable bonds is 5. The maximum Gasteiger partial charge on any atom is 0.317 e. The molecule has 1 heterocycles. The Hall–Kier alpha value is -2.57. The normalized spacial score (nSPS) is 15.8. The molecule has 1 aromatic carbocycles. The van der Waals surface area contributed by atoms with Crippen LogP contribution in [0.2, 0.25) is 0 Å². The summed E-state index contributed by atoms with van der Waals surface area (Å²) in [6, 6.07) is 7.14. The van der Waals surface area contributed by atoms with Gasteiger partial charge in [-0.3, -0.25) is 9.59 Å². The molecule has 3 N–H and O–H groups in total. The number of amides is 4. The number of carbonyl (C=O) groups is 3. The van der Waals surface area contributed by atoms with Crippen LogP contribution in [-0.2, 0) is 11.3 Å². The van der Waals surface area contributed by atoms with Gasteiger partial charge in [0.15, 0.2) is 0 Å². The molecule has 0 saturated carbocycles. The molecule has 7 heteroatoms. The molecule has 1 aromatic rings. The Morgan fingerprint density at radius 2 is 2.12 bits per heavy atom. The van der Waals surface area contributed by atoms with Gasteiger partial charge in [0.1, 0.15) is 0 Å². The third kappa shape index (κ3) is 5.77. The van der Waals surface area contributed by atoms with Gasteiger partial charge in [0, 0.05) is 44.2 Å². The van der Waals surface area contributed by atoms with Crippen LogP contribution in [-0.4, -0.2) is 48.4 Å². The van der Waals surface area contributed by atoms with Crippen molar-refractivity contribution in [2.45, 2.75) is 39.3 Å². The number of benzene rings is 1. The molecular formula is C18H26N4O3. The summed E-state index contributed by atoms with van der Waals surface area (Å²) in [6.07, 6.45) is 1.19. The molecule has 1 fully saturated rings. The van der Waals surface area contributed by atoms with Gasteiger partial charge in [0.25, 0.3) is 5.91 Å². The molecule has 1 atom stereocenters. The van der Waals surface area contributed by atoms with Crippen LogP contribution >= 0.6 is 0 Å². The van der Waals surface area contributed by atoms with Crippen molar-refractivity contribution in [3.8, 4) is 0 Å². The molecule has 7 nitrogen and oxygen atoms in total. The van der Waals surface area contributed by atoms with E-state index < -0.39 is 0 Å². The molecule has 25 heavy (non-hydrogen) atoms. The van der Waals surface area contributed by atoms with Crippen molar-refractivity contribution < 1.29 is 14.4 Å². The fourth-order valence-electron chi connectivity index (χ4n) is 2.49. The lowest BCUT2D eigenvalue weighted by molar-refractivity contribution is -0.120. The van der Waals surface area contributed by atoms with Crippen molar-refractivity contribution in [2.75, 3.05) is 19.6 Å². The van der Waals surface area contributed by atoms with Crippen LogP contribution in [0.4, 0.5) is 4.79 Å². The number of carbonyl (C=O) groups excluding carboxylic acids is 3. The Morgan fingerprint density at radius 1 is 1.32 bits per heavy atom. The van der Waals surface area contributed by atoms with E-state index in [1.165, 1.54) is 0 Å². The van der Waals surface area contributed by atoms with Crippen molar-refractivity contribution in [1.29, 1.82) is 0 Å². The Balaban J connectivity index is 1.90. The van der Waals surface area contributed by atoms with Gasteiger partial charge in [-0.15, -0.1) is 0 Å². The van der Waals surface area contributed by atoms with Crippen LogP contribution in [0, 0.1) is 0 Å². The maximum absolute atomic E-state index is 12.2. The lowest BCUT2D eigenvalue weighted by Crippen LogP contribution is -2.41. The number of urea groups is 1. The van der Waals surface area contributed by atoms with Crippen molar-refractivity contribution >= 4 is 17.8 Å². The van der Waals surface area contributed by atoms with Gasteiger partial charge in [-0.05, 0) is 31.0 Å². The predicted molar refractivity (Wildman–Crippen MR) is 95.1 cm³/mol. The lowest BCUT2D eigenvalue weighted by atomic mass is 10.1. The molecule has 1 unspecified atom stereocenters. The van der Waals surface area contributed by atoms with Crippen molar-refractivity contribution in [3.05, 3.63) is 35.4 Å². The molecule has 1 saturated heterocycles. The summed E-state index contributed by atoms with van der Waals surface area (Å²) < 4.78 is 0. The topological polar surface area (TPSA) is 90.5 Å². The zero-order valence-electron chi connectivity index (χ0n) is 14.8. The van der Waals surface area contributed by atoms with Gasteiger partial charge in [-0.2, -0.15) is 0 Å². The van der Waals surface area contributed by atoms with Crippen LogP contribution < -0.4 is 16.0 Å². The lowest BCUT2D eigenvalue weighted by Gasteiger charge is -2.20. The van der Waals surface area contributed by atoms with Crippen molar-refractivity contribution in [2.24, 2.45) is 0 Å². The van der Waals surface area contributed by atoms with E-state index in [9.17, 15) is 14.4 Å². The van der Waals surface area contributed by atoms with Crippen molar-refractivity contribution in [1.82, 2.24) is 20.9 Å². The largest absolute Gasteiger partial charge is 0.354 e. The summed E-state index contributed by atoms with van der Waals surface area (Å²) in [7, 11) is 0. The van der Waals surface area contributed by atoms with Gasteiger partial charge in [0.05, 0.1) is 0 Å². The first kappa shape index (κ1) is 18.8. The summed E-state index contributed by atoms with van der Waals surface area (Å²) >= 11 is 0. The highest BCUT2D eigenvalue weighted by molar-refractivity contribution is 5.94. The Labute approximate surface area is 148 Å². The van der Waals surface area contributed by atoms with Crippen molar-refractivity contribution in [3.63, 3.8) is 0 Å². The minimum absolute atomic E-state index is 0.0321. The molecule has 1 aliphatic rings. The summed E-state index contributed by atoms with van der Waals surface area (Å²) in [4.78, 5) is 37.4. The van der Waals surface area contributed by atoms with Gasteiger partial charge in [-0.1, -0.05) is 19.1 Å². The van der Waals surface area contributed by atoms with E-state index in [1.807, 2.05) is 26.0 Å². The van der Waals surface area contributed by atoms with Gasteiger partial charge in [0.2, 0.25) is 5.91 Å². The third-order valence-corrected chi connectivity index (χ3v) is 4.22. The minimum atomic E-state index is -0.203. The summed E-state index contributed by atoms with van der Waals surface area (Å²) in [5.74, 6) is -0.144. The van der Waals surface area contributed by atoms with Gasteiger partial charge in [-0.25, -0.2) is 4.79 Å². The van der Waals surface area contributed by atoms with E-state index in [2.05, 4.69) is 16.0 Å². The monoisotopic (exact) mass is 346 g/mol. The molecular weight excluding hydrogens is 320 g/mol. The predicted octanol–water partition coefficient (Wildman–Crippen LogP) is 1.25. The quantitative estimate of drug-likeness (QED) is 0.749. The zero-order chi connectivity index (χ0) is 18.2. The fraction of sp³-hybridized carbons (Fsp3) is 0.500. The third-order valence-electron chi connectivity index (χ3n) is 4.22. The Morgan fingerprint density at radius 3 is 2.88 bits per heavy atom. The van der Waals surface area contributed by atoms with E-state index in [-0.39, 0.29) is 23.9 Å². The highest BCUT2D eigenvalue weighted by atomic mass is 16.2. The molecule has 136 valence electrons. The van der Waals surface area contributed by atoms with Gasteiger partial charge < -0.3 is 20.9 Å². The van der Waals surface area contributed by atoms with Crippen LogP contribution in [0.5, 0.6) is 0 Å². The molecule has 0 bridgehead atoms. The summed E-state index contributed by atoms with van der Waals surface area (Å²) in [5, 5.41) is 8.51. The molecule has 0 aromatic heterocycles. The number of hydrogen-bond donors (Lipinski definition) is 3. The summed E-state index contributed by atoms with van der Waals surface area (Å²) in [6.45, 7) is 5.69. The van der Waals surface area contributed by atoms with E-state index in [0.29, 0.717) is 38.2 Å². The van der Waals surface area contributed by atoms with Crippen LogP contribution in [0.25, 0.3) is 0 Å². The Kier molecular flexibility index (Phi) is 6.80. The molecule has 0 aliphatic carbocycles. The average Bonchev–Trinajstić information content (AvgIpc) is 2.84. The molecule has 4 amide bonds. The standard InChI is InChI=1S/C18H26N4O3/c1-3-13(2)21-17(24)15-6-4-5-14(11-15)12-20-18(25)22-9-7-16(23)19-8-10-22/h4-6,11,13H,3,7-10,12H2,1-2H3,(H,19,23)(H,20,25)(H,21,24). The first-order valence-corrected chi connectivity index (χ1v) is 8.69. The first-order chi connectivity index (χ1) is 12.0. The van der Waals surface area contributed by atoms with Crippen LogP contribution in [0.3, 0.4) is 0 Å². The SMILES string of the molecule is CCC(C)NC(=O)c1cccc(CNC(=O)N2CCNC(=O)CC2)c1. The highest BCUT2D eigenvalue weighted by Gasteiger charge is 2.18. The molecule has 0 radical (unpaired) electrons. The number of nitrogens with one attached hydrogen (secondary N) is 3. The maximum atomic E-state index is 12.2. The van der Waals surface area contributed by atoms with E-state index in [1.54, 1.807) is 17.0 Å². The minimum Gasteiger partial charge on any atom is -0.354 e. The van der Waals surface area contributed by atoms with E-state index in [0.717, 1.165) is 12.0 Å². The molecule has 1 aliphatic heterocycles. The van der Waals surface area contributed by atoms with Crippen LogP contribution in [0.15, 0.2) is 24.3 Å². The second-order valence-electron chi connectivity index (χ2n) is 6.23. The van der Waals surface area contributed by atoms with Crippen LogP contribution in [0.1, 0.15) is 42.6 Å². The zero-order valence-corrected chi connectivity index (χ0v) is 14.8. The second-order valence-corrected chi connectivity index (χ2v) is 6.23. The van der Waals surface area contributed by atoms with E-state index >= 15 is 0 Å². The Bertz CT molecular complexity index is 633. The second kappa shape index (κ2) is 9.05. The smallest absolute Gasteiger partial charge is 0.317 e. The fourth-order valence-corrected chi connectivity index (χ4v) is 2.49. The first-order valence-electron chi connectivity index (χ1n) is 8.69. The molecule has 2 rings (SSSR count). The number of hydrogen-bond acceptors (Lipinski definition) is 3. The summed E-state index contributed by atoms with van der Waals surface area (Å²) in [5.41, 5.74) is 1.44. The highest BCUT2D eigenvalue weighted by Crippen LogP contribution is 2.07. The van der Waals surface area contributed by atoms with Gasteiger partial charge >= 0.3 is 6.03 Å². The molecule has 0 spiro atoms. The number of nitrogens with zero attached hydrogens (tertiary/aromatic N) is 1.